The van der Waals surface area contributed by atoms with Gasteiger partial charge in [0.15, 0.2) is 6.61 Å². The smallest absolute Gasteiger partial charge is 0.260 e. The molecule has 0 saturated carbocycles. The van der Waals surface area contributed by atoms with Crippen molar-refractivity contribution in [3.63, 3.8) is 0 Å². The topological polar surface area (TPSA) is 55.6 Å². The number of carbonyl (C=O) groups excluding carboxylic acids is 1. The molecule has 21 heavy (non-hydrogen) atoms. The molecule has 1 heterocycles. The van der Waals surface area contributed by atoms with Gasteiger partial charge >= 0.3 is 0 Å². The summed E-state index contributed by atoms with van der Waals surface area (Å²) in [5.41, 5.74) is 5.94. The lowest BCUT2D eigenvalue weighted by Crippen LogP contribution is -2.46. The van der Waals surface area contributed by atoms with Gasteiger partial charge in [-0.15, -0.1) is 0 Å². The summed E-state index contributed by atoms with van der Waals surface area (Å²) in [4.78, 5) is 14.1. The number of likely N-dealkylation sites (tertiary alicyclic amines) is 1. The van der Waals surface area contributed by atoms with Gasteiger partial charge in [0.05, 0.1) is 5.02 Å². The fourth-order valence-electron chi connectivity index (χ4n) is 2.49. The molecule has 0 radical (unpaired) electrons. The molecule has 1 fully saturated rings. The van der Waals surface area contributed by atoms with Gasteiger partial charge in [0.2, 0.25) is 0 Å². The Morgan fingerprint density at radius 3 is 3.05 bits per heavy atom. The van der Waals surface area contributed by atoms with Crippen molar-refractivity contribution in [1.29, 1.82) is 0 Å². The van der Waals surface area contributed by atoms with Gasteiger partial charge in [-0.1, -0.05) is 27.5 Å². The second kappa shape index (κ2) is 7.47. The van der Waals surface area contributed by atoms with Crippen molar-refractivity contribution < 1.29 is 9.53 Å². The minimum atomic E-state index is -0.0145. The Morgan fingerprint density at radius 2 is 2.38 bits per heavy atom. The molecule has 1 aliphatic heterocycles. The molecule has 0 bridgehead atoms. The molecule has 4 nitrogen and oxygen atoms in total. The van der Waals surface area contributed by atoms with Gasteiger partial charge in [-0.2, -0.15) is 0 Å². The number of hydrogen-bond acceptors (Lipinski definition) is 3. The largest absolute Gasteiger partial charge is 0.482 e. The number of ether oxygens (including phenoxy) is 1. The van der Waals surface area contributed by atoms with Crippen LogP contribution in [0.4, 0.5) is 0 Å². The Bertz CT molecular complexity index is 510. The van der Waals surface area contributed by atoms with E-state index in [-0.39, 0.29) is 18.6 Å². The predicted molar refractivity (Wildman–Crippen MR) is 87.6 cm³/mol. The predicted octanol–water partition coefficient (Wildman–Crippen LogP) is 3.07. The molecule has 6 heteroatoms. The SMILES string of the molecule is C[C@H](N)[C@H]1CCCN(C(=O)COc2ccc(Br)cc2Cl)C1. The van der Waals surface area contributed by atoms with E-state index < -0.39 is 0 Å². The van der Waals surface area contributed by atoms with Gasteiger partial charge in [-0.3, -0.25) is 4.79 Å². The van der Waals surface area contributed by atoms with Crippen molar-refractivity contribution in [2.24, 2.45) is 11.7 Å². The molecular formula is C15H20BrClN2O2. The van der Waals surface area contributed by atoms with Crippen molar-refractivity contribution in [3.8, 4) is 5.75 Å². The molecule has 116 valence electrons. The molecule has 1 aliphatic rings. The second-order valence-electron chi connectivity index (χ2n) is 5.46. The molecule has 2 rings (SSSR count). The van der Waals surface area contributed by atoms with Crippen LogP contribution in [0, 0.1) is 5.92 Å². The van der Waals surface area contributed by atoms with Crippen LogP contribution in [0.15, 0.2) is 22.7 Å². The molecule has 2 atom stereocenters. The third-order valence-corrected chi connectivity index (χ3v) is 4.59. The highest BCUT2D eigenvalue weighted by molar-refractivity contribution is 9.10. The first-order chi connectivity index (χ1) is 9.97. The third-order valence-electron chi connectivity index (χ3n) is 3.80. The number of nitrogens with zero attached hydrogens (tertiary/aromatic N) is 1. The number of hydrogen-bond donors (Lipinski definition) is 1. The van der Waals surface area contributed by atoms with E-state index in [4.69, 9.17) is 22.1 Å². The number of benzene rings is 1. The minimum Gasteiger partial charge on any atom is -0.482 e. The van der Waals surface area contributed by atoms with Crippen LogP contribution in [0.3, 0.4) is 0 Å². The number of halogens is 2. The van der Waals surface area contributed by atoms with Crippen LogP contribution in [0.2, 0.25) is 5.02 Å². The van der Waals surface area contributed by atoms with E-state index in [0.717, 1.165) is 23.9 Å². The van der Waals surface area contributed by atoms with Crippen LogP contribution in [0.1, 0.15) is 19.8 Å². The van der Waals surface area contributed by atoms with E-state index in [2.05, 4.69) is 15.9 Å². The van der Waals surface area contributed by atoms with E-state index in [9.17, 15) is 4.79 Å². The van der Waals surface area contributed by atoms with E-state index in [1.54, 1.807) is 12.1 Å². The van der Waals surface area contributed by atoms with E-state index in [1.165, 1.54) is 0 Å². The van der Waals surface area contributed by atoms with Crippen molar-refractivity contribution in [3.05, 3.63) is 27.7 Å². The molecule has 0 aliphatic carbocycles. The Balaban J connectivity index is 1.89. The zero-order valence-corrected chi connectivity index (χ0v) is 14.4. The van der Waals surface area contributed by atoms with Gasteiger partial charge in [-0.25, -0.2) is 0 Å². The van der Waals surface area contributed by atoms with E-state index >= 15 is 0 Å². The fourth-order valence-corrected chi connectivity index (χ4v) is 3.22. The number of piperidine rings is 1. The molecule has 2 N–H and O–H groups in total. The van der Waals surface area contributed by atoms with Gasteiger partial charge < -0.3 is 15.4 Å². The second-order valence-corrected chi connectivity index (χ2v) is 6.79. The Hall–Kier alpha value is -0.780. The fraction of sp³-hybridized carbons (Fsp3) is 0.533. The molecule has 0 unspecified atom stereocenters. The summed E-state index contributed by atoms with van der Waals surface area (Å²) in [7, 11) is 0. The Labute approximate surface area is 138 Å². The molecule has 1 aromatic rings. The summed E-state index contributed by atoms with van der Waals surface area (Å²) in [6.45, 7) is 3.50. The lowest BCUT2D eigenvalue weighted by Gasteiger charge is -2.34. The van der Waals surface area contributed by atoms with Crippen molar-refractivity contribution >= 4 is 33.4 Å². The molecule has 1 amide bonds. The van der Waals surface area contributed by atoms with Crippen molar-refractivity contribution in [2.75, 3.05) is 19.7 Å². The zero-order valence-electron chi connectivity index (χ0n) is 12.0. The van der Waals surface area contributed by atoms with Crippen LogP contribution in [-0.4, -0.2) is 36.5 Å². The van der Waals surface area contributed by atoms with E-state index in [0.29, 0.717) is 23.2 Å². The van der Waals surface area contributed by atoms with E-state index in [1.807, 2.05) is 17.9 Å². The first-order valence-electron chi connectivity index (χ1n) is 7.08. The summed E-state index contributed by atoms with van der Waals surface area (Å²) in [5.74, 6) is 0.882. The number of rotatable bonds is 4. The maximum atomic E-state index is 12.2. The van der Waals surface area contributed by atoms with Crippen LogP contribution in [-0.2, 0) is 4.79 Å². The van der Waals surface area contributed by atoms with Crippen molar-refractivity contribution in [1.82, 2.24) is 4.90 Å². The normalized spacial score (nSPS) is 20.2. The summed E-state index contributed by atoms with van der Waals surface area (Å²) in [5, 5.41) is 0.490. The van der Waals surface area contributed by atoms with Crippen LogP contribution in [0.25, 0.3) is 0 Å². The quantitative estimate of drug-likeness (QED) is 0.880. The summed E-state index contributed by atoms with van der Waals surface area (Å²) in [6.07, 6.45) is 2.08. The first kappa shape index (κ1) is 16.6. The third kappa shape index (κ3) is 4.59. The highest BCUT2D eigenvalue weighted by Crippen LogP contribution is 2.28. The van der Waals surface area contributed by atoms with Gasteiger partial charge in [0, 0.05) is 23.6 Å². The van der Waals surface area contributed by atoms with Crippen LogP contribution in [0.5, 0.6) is 5.75 Å². The maximum Gasteiger partial charge on any atom is 0.260 e. The summed E-state index contributed by atoms with van der Waals surface area (Å²) < 4.78 is 6.40. The lowest BCUT2D eigenvalue weighted by atomic mass is 9.92. The van der Waals surface area contributed by atoms with Crippen LogP contribution >= 0.6 is 27.5 Å². The van der Waals surface area contributed by atoms with Gasteiger partial charge in [0.1, 0.15) is 5.75 Å². The van der Waals surface area contributed by atoms with Gasteiger partial charge in [0.25, 0.3) is 5.91 Å². The summed E-state index contributed by atoms with van der Waals surface area (Å²) >= 11 is 9.40. The number of nitrogens with two attached hydrogens (primary N) is 1. The van der Waals surface area contributed by atoms with Crippen LogP contribution < -0.4 is 10.5 Å². The molecule has 1 aromatic carbocycles. The number of amides is 1. The van der Waals surface area contributed by atoms with Crippen molar-refractivity contribution in [2.45, 2.75) is 25.8 Å². The Morgan fingerprint density at radius 1 is 1.62 bits per heavy atom. The Kier molecular flexibility index (Phi) is 5.90. The zero-order chi connectivity index (χ0) is 15.4. The lowest BCUT2D eigenvalue weighted by molar-refractivity contribution is -0.135. The highest BCUT2D eigenvalue weighted by atomic mass is 79.9. The number of carbonyl (C=O) groups is 1. The maximum absolute atomic E-state index is 12.2. The highest BCUT2D eigenvalue weighted by Gasteiger charge is 2.26. The molecule has 1 saturated heterocycles. The average Bonchev–Trinajstić information content (AvgIpc) is 2.46. The summed E-state index contributed by atoms with van der Waals surface area (Å²) in [6, 6.07) is 5.44. The molecule has 0 spiro atoms. The molecular weight excluding hydrogens is 356 g/mol. The minimum absolute atomic E-state index is 0.00697. The van der Waals surface area contributed by atoms with Gasteiger partial charge in [-0.05, 0) is 43.9 Å². The standard InChI is InChI=1S/C15H20BrClN2O2/c1-10(18)11-3-2-6-19(8-11)15(20)9-21-14-5-4-12(16)7-13(14)17/h4-5,7,10-11H,2-3,6,8-9,18H2,1H3/t10-,11-/m0/s1. The average molecular weight is 376 g/mol. The first-order valence-corrected chi connectivity index (χ1v) is 8.25. The molecule has 0 aromatic heterocycles. The monoisotopic (exact) mass is 374 g/mol.